The maximum atomic E-state index is 8.64. The van der Waals surface area contributed by atoms with Crippen molar-refractivity contribution in [2.75, 3.05) is 6.61 Å². The lowest BCUT2D eigenvalue weighted by Crippen LogP contribution is -2.36. The summed E-state index contributed by atoms with van der Waals surface area (Å²) >= 11 is 0. The summed E-state index contributed by atoms with van der Waals surface area (Å²) in [7, 11) is 0. The van der Waals surface area contributed by atoms with E-state index in [9.17, 15) is 0 Å². The average Bonchev–Trinajstić information content (AvgIpc) is 2.51. The molecule has 1 aliphatic carbocycles. The van der Waals surface area contributed by atoms with Gasteiger partial charge in [-0.1, -0.05) is 33.6 Å². The van der Waals surface area contributed by atoms with Crippen molar-refractivity contribution in [1.29, 1.82) is 10.5 Å². The molecule has 1 aliphatic rings. The maximum absolute atomic E-state index is 8.64. The van der Waals surface area contributed by atoms with E-state index >= 15 is 0 Å². The van der Waals surface area contributed by atoms with Gasteiger partial charge in [0.2, 0.25) is 0 Å². The van der Waals surface area contributed by atoms with Crippen LogP contribution in [0.4, 0.5) is 0 Å². The molecule has 4 nitrogen and oxygen atoms in total. The summed E-state index contributed by atoms with van der Waals surface area (Å²) in [5.41, 5.74) is 0.292. The van der Waals surface area contributed by atoms with Gasteiger partial charge in [-0.05, 0) is 55.8 Å². The Morgan fingerprint density at radius 3 is 2.32 bits per heavy atom. The third-order valence-corrected chi connectivity index (χ3v) is 5.50. The van der Waals surface area contributed by atoms with Gasteiger partial charge in [-0.15, -0.1) is 0 Å². The number of nitrogens with zero attached hydrogens (tertiary/aromatic N) is 2. The molecule has 0 spiro atoms. The van der Waals surface area contributed by atoms with E-state index in [0.717, 1.165) is 38.5 Å². The fourth-order valence-electron chi connectivity index (χ4n) is 4.02. The van der Waals surface area contributed by atoms with Gasteiger partial charge in [0.15, 0.2) is 0 Å². The van der Waals surface area contributed by atoms with Crippen LogP contribution >= 0.6 is 0 Å². The van der Waals surface area contributed by atoms with Crippen LogP contribution in [-0.2, 0) is 9.47 Å². The lowest BCUT2D eigenvalue weighted by atomic mass is 9.62. The van der Waals surface area contributed by atoms with Crippen molar-refractivity contribution in [2.24, 2.45) is 17.3 Å². The first-order valence-corrected chi connectivity index (χ1v) is 8.61. The van der Waals surface area contributed by atoms with E-state index in [1.165, 1.54) is 12.8 Å². The molecule has 0 aromatic carbocycles. The van der Waals surface area contributed by atoms with E-state index in [0.29, 0.717) is 23.9 Å². The monoisotopic (exact) mass is 306 g/mol. The van der Waals surface area contributed by atoms with Gasteiger partial charge in [-0.3, -0.25) is 0 Å². The maximum Gasteiger partial charge on any atom is 0.286 e. The van der Waals surface area contributed by atoms with Gasteiger partial charge in [0.1, 0.15) is 12.7 Å². The summed E-state index contributed by atoms with van der Waals surface area (Å²) in [6.45, 7) is 7.57. The van der Waals surface area contributed by atoms with Crippen molar-refractivity contribution in [3.05, 3.63) is 0 Å². The van der Waals surface area contributed by atoms with Crippen molar-refractivity contribution in [1.82, 2.24) is 0 Å². The molecule has 0 amide bonds. The van der Waals surface area contributed by atoms with Crippen molar-refractivity contribution >= 4 is 0 Å². The Hall–Kier alpha value is -1.42. The van der Waals surface area contributed by atoms with Gasteiger partial charge >= 0.3 is 0 Å². The van der Waals surface area contributed by atoms with Crippen LogP contribution in [0.1, 0.15) is 72.1 Å². The Balaban J connectivity index is 2.56. The number of nitriles is 2. The summed E-state index contributed by atoms with van der Waals surface area (Å²) in [6.07, 6.45) is 12.5. The molecule has 1 atom stereocenters. The molecule has 1 saturated carbocycles. The number of rotatable bonds is 9. The highest BCUT2D eigenvalue weighted by atomic mass is 16.5. The molecule has 124 valence electrons. The molecular weight excluding hydrogens is 276 g/mol. The molecule has 1 rings (SSSR count). The summed E-state index contributed by atoms with van der Waals surface area (Å²) < 4.78 is 9.92. The van der Waals surface area contributed by atoms with Gasteiger partial charge in [0, 0.05) is 0 Å². The molecule has 0 bridgehead atoms. The highest BCUT2D eigenvalue weighted by Crippen LogP contribution is 2.46. The molecule has 0 radical (unpaired) electrons. The third kappa shape index (κ3) is 5.41. The quantitative estimate of drug-likeness (QED) is 0.455. The topological polar surface area (TPSA) is 66.0 Å². The summed E-state index contributed by atoms with van der Waals surface area (Å²) in [4.78, 5) is 0. The van der Waals surface area contributed by atoms with Crippen molar-refractivity contribution < 1.29 is 9.47 Å². The highest BCUT2D eigenvalue weighted by Gasteiger charge is 2.38. The first-order chi connectivity index (χ1) is 10.6. The molecule has 22 heavy (non-hydrogen) atoms. The minimum absolute atomic E-state index is 0.130. The van der Waals surface area contributed by atoms with Crippen LogP contribution in [-0.4, -0.2) is 12.7 Å². The summed E-state index contributed by atoms with van der Waals surface area (Å²) in [6, 6.07) is 0. The first-order valence-electron chi connectivity index (χ1n) is 8.61. The zero-order valence-electron chi connectivity index (χ0n) is 14.3. The Morgan fingerprint density at radius 2 is 1.77 bits per heavy atom. The minimum atomic E-state index is 0.130. The third-order valence-electron chi connectivity index (χ3n) is 5.50. The number of hydrogen-bond acceptors (Lipinski definition) is 4. The Morgan fingerprint density at radius 1 is 1.09 bits per heavy atom. The van der Waals surface area contributed by atoms with Crippen LogP contribution in [0.25, 0.3) is 0 Å². The Labute approximate surface area is 135 Å². The van der Waals surface area contributed by atoms with E-state index in [1.54, 1.807) is 6.26 Å². The van der Waals surface area contributed by atoms with Gasteiger partial charge in [-0.25, -0.2) is 0 Å². The zero-order valence-corrected chi connectivity index (χ0v) is 14.3. The Bertz CT molecular complexity index is 387. The Kier molecular flexibility index (Phi) is 8.10. The molecular formula is C18H30N2O2. The number of ether oxygens (including phenoxy) is 2. The average molecular weight is 306 g/mol. The van der Waals surface area contributed by atoms with Gasteiger partial charge in [-0.2, -0.15) is 10.5 Å². The molecule has 0 aliphatic heterocycles. The minimum Gasteiger partial charge on any atom is -0.428 e. The molecule has 4 heteroatoms. The second kappa shape index (κ2) is 9.57. The van der Waals surface area contributed by atoms with Crippen molar-refractivity contribution in [3.8, 4) is 12.5 Å². The van der Waals surface area contributed by atoms with E-state index in [-0.39, 0.29) is 6.10 Å². The van der Waals surface area contributed by atoms with Crippen LogP contribution in [0.5, 0.6) is 0 Å². The molecule has 1 fully saturated rings. The van der Waals surface area contributed by atoms with E-state index in [2.05, 4.69) is 20.8 Å². The molecule has 0 N–H and O–H groups in total. The van der Waals surface area contributed by atoms with Crippen LogP contribution in [0.3, 0.4) is 0 Å². The van der Waals surface area contributed by atoms with Gasteiger partial charge in [0.25, 0.3) is 12.5 Å². The molecule has 0 heterocycles. The standard InChI is InChI=1S/C18H30N2O2/c1-4-6-15(7-5-12-21-13-19)18(2,3)16-8-10-17(11-9-16)22-14-20/h15-17H,4-12H2,1-3H3. The smallest absolute Gasteiger partial charge is 0.286 e. The summed E-state index contributed by atoms with van der Waals surface area (Å²) in [5.74, 6) is 1.36. The lowest BCUT2D eigenvalue weighted by Gasteiger charge is -2.44. The van der Waals surface area contributed by atoms with Crippen molar-refractivity contribution in [3.63, 3.8) is 0 Å². The zero-order chi connectivity index (χ0) is 16.4. The fourth-order valence-corrected chi connectivity index (χ4v) is 4.02. The second-order valence-corrected chi connectivity index (χ2v) is 7.07. The lowest BCUT2D eigenvalue weighted by molar-refractivity contribution is 0.0245. The van der Waals surface area contributed by atoms with Crippen molar-refractivity contribution in [2.45, 2.75) is 78.2 Å². The first kappa shape index (κ1) is 18.6. The van der Waals surface area contributed by atoms with E-state index in [1.807, 2.05) is 6.26 Å². The molecule has 0 aromatic rings. The predicted octanol–water partition coefficient (Wildman–Crippen LogP) is 4.76. The normalized spacial score (nSPS) is 23.1. The predicted molar refractivity (Wildman–Crippen MR) is 85.4 cm³/mol. The number of hydrogen-bond donors (Lipinski definition) is 0. The van der Waals surface area contributed by atoms with Gasteiger partial charge < -0.3 is 9.47 Å². The molecule has 0 saturated heterocycles. The molecule has 0 aromatic heterocycles. The van der Waals surface area contributed by atoms with E-state index in [4.69, 9.17) is 20.0 Å². The second-order valence-electron chi connectivity index (χ2n) is 7.07. The fraction of sp³-hybridized carbons (Fsp3) is 0.889. The molecule has 1 unspecified atom stereocenters. The highest BCUT2D eigenvalue weighted by molar-refractivity contribution is 4.89. The van der Waals surface area contributed by atoms with Crippen LogP contribution < -0.4 is 0 Å². The van der Waals surface area contributed by atoms with Gasteiger partial charge in [0.05, 0.1) is 0 Å². The summed E-state index contributed by atoms with van der Waals surface area (Å²) in [5, 5.41) is 17.1. The van der Waals surface area contributed by atoms with E-state index < -0.39 is 0 Å². The van der Waals surface area contributed by atoms with Crippen LogP contribution in [0.2, 0.25) is 0 Å². The SMILES string of the molecule is CCCC(CCCOC#N)C(C)(C)C1CCC(OC#N)CC1. The van der Waals surface area contributed by atoms with Crippen LogP contribution in [0.15, 0.2) is 0 Å². The largest absolute Gasteiger partial charge is 0.428 e. The van der Waals surface area contributed by atoms with Crippen LogP contribution in [0, 0.1) is 40.3 Å².